The van der Waals surface area contributed by atoms with Crippen LogP contribution in [0.4, 0.5) is 22.0 Å². The minimum absolute atomic E-state index is 0.103. The molecule has 0 unspecified atom stereocenters. The van der Waals surface area contributed by atoms with Crippen LogP contribution in [0.25, 0.3) is 0 Å². The van der Waals surface area contributed by atoms with Crippen LogP contribution in [0.15, 0.2) is 0 Å². The first kappa shape index (κ1) is 12.6. The molecule has 0 aromatic rings. The maximum Gasteiger partial charge on any atom is 0.455 e. The van der Waals surface area contributed by atoms with Crippen molar-refractivity contribution in [2.24, 2.45) is 0 Å². The molecule has 7 heteroatoms. The van der Waals surface area contributed by atoms with Gasteiger partial charge in [-0.05, 0) is 19.4 Å². The van der Waals surface area contributed by atoms with E-state index in [0.29, 0.717) is 0 Å². The van der Waals surface area contributed by atoms with E-state index in [-0.39, 0.29) is 12.6 Å². The fourth-order valence-electron chi connectivity index (χ4n) is 1.31. The second kappa shape index (κ2) is 4.61. The van der Waals surface area contributed by atoms with Crippen molar-refractivity contribution in [2.75, 3.05) is 19.8 Å². The van der Waals surface area contributed by atoms with Crippen LogP contribution in [0.2, 0.25) is 0 Å². The Morgan fingerprint density at radius 1 is 1.20 bits per heavy atom. The van der Waals surface area contributed by atoms with Gasteiger partial charge in [0.2, 0.25) is 0 Å². The monoisotopic (exact) mass is 233 g/mol. The van der Waals surface area contributed by atoms with Crippen LogP contribution >= 0.6 is 0 Å². The normalized spacial score (nSPS) is 23.4. The van der Waals surface area contributed by atoms with E-state index in [2.05, 4.69) is 10.1 Å². The van der Waals surface area contributed by atoms with Gasteiger partial charge in [0.1, 0.15) is 6.61 Å². The van der Waals surface area contributed by atoms with E-state index in [1.165, 1.54) is 0 Å². The van der Waals surface area contributed by atoms with Gasteiger partial charge in [0.05, 0.1) is 6.61 Å². The van der Waals surface area contributed by atoms with Gasteiger partial charge in [-0.2, -0.15) is 22.0 Å². The van der Waals surface area contributed by atoms with Gasteiger partial charge in [0.25, 0.3) is 0 Å². The summed E-state index contributed by atoms with van der Waals surface area (Å²) in [6.45, 7) is -0.954. The standard InChI is InChI=1S/C8H12F5NO/c9-7(10,8(11,12)13)5-15-4-6-2-1-3-14-6/h6,14H,1-5H2/t6-/m0/s1. The molecule has 0 saturated carbocycles. The van der Waals surface area contributed by atoms with E-state index in [0.717, 1.165) is 19.4 Å². The van der Waals surface area contributed by atoms with Gasteiger partial charge in [0.15, 0.2) is 0 Å². The molecular formula is C8H12F5NO. The molecule has 1 heterocycles. The fraction of sp³-hybridized carbons (Fsp3) is 1.00. The van der Waals surface area contributed by atoms with Crippen LogP contribution < -0.4 is 5.32 Å². The number of hydrogen-bond acceptors (Lipinski definition) is 2. The summed E-state index contributed by atoms with van der Waals surface area (Å²) >= 11 is 0. The Morgan fingerprint density at radius 3 is 2.33 bits per heavy atom. The summed E-state index contributed by atoms with van der Waals surface area (Å²) < 4.78 is 64.1. The maximum atomic E-state index is 12.3. The molecule has 15 heavy (non-hydrogen) atoms. The molecule has 0 aromatic heterocycles. The van der Waals surface area contributed by atoms with Gasteiger partial charge in [-0.3, -0.25) is 0 Å². The summed E-state index contributed by atoms with van der Waals surface area (Å²) in [4.78, 5) is 0. The van der Waals surface area contributed by atoms with Crippen LogP contribution in [0, 0.1) is 0 Å². The molecule has 0 bridgehead atoms. The number of hydrogen-bond donors (Lipinski definition) is 1. The third kappa shape index (κ3) is 3.57. The van der Waals surface area contributed by atoms with Crippen LogP contribution in [-0.2, 0) is 4.74 Å². The van der Waals surface area contributed by atoms with Crippen molar-refractivity contribution in [3.8, 4) is 0 Å². The highest BCUT2D eigenvalue weighted by atomic mass is 19.4. The fourth-order valence-corrected chi connectivity index (χ4v) is 1.31. The molecule has 0 spiro atoms. The highest BCUT2D eigenvalue weighted by Crippen LogP contribution is 2.35. The summed E-state index contributed by atoms with van der Waals surface area (Å²) in [7, 11) is 0. The number of alkyl halides is 5. The minimum atomic E-state index is -5.53. The molecule has 2 nitrogen and oxygen atoms in total. The smallest absolute Gasteiger partial charge is 0.373 e. The molecule has 0 aromatic carbocycles. The van der Waals surface area contributed by atoms with Gasteiger partial charge in [-0.15, -0.1) is 0 Å². The van der Waals surface area contributed by atoms with E-state index < -0.39 is 18.7 Å². The average Bonchev–Trinajstić information content (AvgIpc) is 2.54. The Morgan fingerprint density at radius 2 is 1.87 bits per heavy atom. The van der Waals surface area contributed by atoms with E-state index >= 15 is 0 Å². The van der Waals surface area contributed by atoms with Crippen LogP contribution in [0.3, 0.4) is 0 Å². The van der Waals surface area contributed by atoms with Crippen LogP contribution in [-0.4, -0.2) is 37.9 Å². The Bertz CT molecular complexity index is 200. The summed E-state index contributed by atoms with van der Waals surface area (Å²) in [5, 5.41) is 2.93. The molecular weight excluding hydrogens is 221 g/mol. The highest BCUT2D eigenvalue weighted by molar-refractivity contribution is 4.77. The predicted molar refractivity (Wildman–Crippen MR) is 42.8 cm³/mol. The van der Waals surface area contributed by atoms with Gasteiger partial charge in [-0.25, -0.2) is 0 Å². The lowest BCUT2D eigenvalue weighted by Crippen LogP contribution is -2.42. The van der Waals surface area contributed by atoms with E-state index in [9.17, 15) is 22.0 Å². The van der Waals surface area contributed by atoms with Crippen LogP contribution in [0.1, 0.15) is 12.8 Å². The molecule has 90 valence electrons. The molecule has 0 aliphatic carbocycles. The van der Waals surface area contributed by atoms with Crippen molar-refractivity contribution >= 4 is 0 Å². The first-order chi connectivity index (χ1) is 6.83. The van der Waals surface area contributed by atoms with Crippen LogP contribution in [0.5, 0.6) is 0 Å². The van der Waals surface area contributed by atoms with Gasteiger partial charge >= 0.3 is 12.1 Å². The summed E-state index contributed by atoms with van der Waals surface area (Å²) in [6, 6.07) is -0.103. The quantitative estimate of drug-likeness (QED) is 0.749. The predicted octanol–water partition coefficient (Wildman–Crippen LogP) is 1.95. The summed E-state index contributed by atoms with van der Waals surface area (Å²) in [5.74, 6) is -4.76. The Hall–Kier alpha value is -0.430. The topological polar surface area (TPSA) is 21.3 Å². The molecule has 1 saturated heterocycles. The lowest BCUT2D eigenvalue weighted by molar-refractivity contribution is -0.297. The van der Waals surface area contributed by atoms with Gasteiger partial charge in [0, 0.05) is 6.04 Å². The second-order valence-corrected chi connectivity index (χ2v) is 3.51. The van der Waals surface area contributed by atoms with Gasteiger partial charge < -0.3 is 10.1 Å². The van der Waals surface area contributed by atoms with Crippen molar-refractivity contribution in [2.45, 2.75) is 31.0 Å². The van der Waals surface area contributed by atoms with Crippen molar-refractivity contribution in [3.05, 3.63) is 0 Å². The summed E-state index contributed by atoms with van der Waals surface area (Å²) in [5.41, 5.74) is 0. The summed E-state index contributed by atoms with van der Waals surface area (Å²) in [6.07, 6.45) is -3.89. The zero-order valence-corrected chi connectivity index (χ0v) is 7.91. The molecule has 1 fully saturated rings. The lowest BCUT2D eigenvalue weighted by Gasteiger charge is -2.20. The largest absolute Gasteiger partial charge is 0.455 e. The van der Waals surface area contributed by atoms with E-state index in [1.807, 2.05) is 0 Å². The van der Waals surface area contributed by atoms with Crippen molar-refractivity contribution < 1.29 is 26.7 Å². The third-order valence-corrected chi connectivity index (χ3v) is 2.18. The lowest BCUT2D eigenvalue weighted by atomic mass is 10.2. The van der Waals surface area contributed by atoms with Crippen molar-refractivity contribution in [1.29, 1.82) is 0 Å². The minimum Gasteiger partial charge on any atom is -0.373 e. The highest BCUT2D eigenvalue weighted by Gasteiger charge is 2.57. The first-order valence-corrected chi connectivity index (χ1v) is 4.58. The molecule has 1 atom stereocenters. The Labute approximate surface area is 83.8 Å². The SMILES string of the molecule is FC(F)(F)C(F)(F)COC[C@@H]1CCCN1. The third-order valence-electron chi connectivity index (χ3n) is 2.18. The van der Waals surface area contributed by atoms with Gasteiger partial charge in [-0.1, -0.05) is 0 Å². The van der Waals surface area contributed by atoms with E-state index in [4.69, 9.17) is 0 Å². The molecule has 1 rings (SSSR count). The molecule has 1 N–H and O–H groups in total. The number of ether oxygens (including phenoxy) is 1. The van der Waals surface area contributed by atoms with E-state index in [1.54, 1.807) is 0 Å². The average molecular weight is 233 g/mol. The number of rotatable bonds is 4. The maximum absolute atomic E-state index is 12.3. The zero-order chi connectivity index (χ0) is 11.5. The molecule has 1 aliphatic heterocycles. The first-order valence-electron chi connectivity index (χ1n) is 4.58. The van der Waals surface area contributed by atoms with Crippen molar-refractivity contribution in [1.82, 2.24) is 5.32 Å². The Kier molecular flexibility index (Phi) is 3.88. The van der Waals surface area contributed by atoms with Crippen molar-refractivity contribution in [3.63, 3.8) is 0 Å². The zero-order valence-electron chi connectivity index (χ0n) is 7.91. The molecule has 0 radical (unpaired) electrons. The number of halogens is 5. The Balaban J connectivity index is 2.23. The second-order valence-electron chi connectivity index (χ2n) is 3.51. The molecule has 1 aliphatic rings. The molecule has 0 amide bonds. The number of nitrogens with one attached hydrogen (secondary N) is 1.